The van der Waals surface area contributed by atoms with Crippen molar-refractivity contribution in [2.45, 2.75) is 9.79 Å². The molecule has 0 atom stereocenters. The Balaban J connectivity index is 1.78. The molecule has 26 heavy (non-hydrogen) atoms. The molecule has 0 aromatic heterocycles. The fraction of sp³-hybridized carbons (Fsp3) is 0. The monoisotopic (exact) mass is 370 g/mol. The summed E-state index contributed by atoms with van der Waals surface area (Å²) < 4.78 is 0. The molecule has 0 aliphatic heterocycles. The zero-order chi connectivity index (χ0) is 17.6. The molecule has 0 aliphatic rings. The Morgan fingerprint density at radius 3 is 1.65 bits per heavy atom. The van der Waals surface area contributed by atoms with Crippen LogP contribution in [0, 0.1) is 0 Å². The van der Waals surface area contributed by atoms with E-state index in [-0.39, 0.29) is 0 Å². The Morgan fingerprint density at radius 2 is 1.00 bits per heavy atom. The van der Waals surface area contributed by atoms with Gasteiger partial charge in [-0.15, -0.1) is 0 Å². The first kappa shape index (κ1) is 17.0. The third-order valence-electron chi connectivity index (χ3n) is 4.14. The lowest BCUT2D eigenvalue weighted by Crippen LogP contribution is -1.88. The number of hydrogen-bond donors (Lipinski definition) is 0. The Labute approximate surface area is 162 Å². The van der Waals surface area contributed by atoms with Gasteiger partial charge in [-0.2, -0.15) is 0 Å². The summed E-state index contributed by atoms with van der Waals surface area (Å²) >= 11 is 0. The van der Waals surface area contributed by atoms with Gasteiger partial charge < -0.3 is 0 Å². The maximum absolute atomic E-state index is 2.22. The Hall–Kier alpha value is -2.42. The molecule has 0 amide bonds. The molecule has 0 bridgehead atoms. The van der Waals surface area contributed by atoms with Gasteiger partial charge in [0, 0.05) is 15.4 Å². The van der Waals surface area contributed by atoms with Gasteiger partial charge in [-0.05, 0) is 34.9 Å². The molecule has 0 saturated carbocycles. The summed E-state index contributed by atoms with van der Waals surface area (Å²) in [4.78, 5) is 2.55. The molecule has 2 heteroatoms. The van der Waals surface area contributed by atoms with Crippen LogP contribution in [0.25, 0.3) is 22.3 Å². The van der Waals surface area contributed by atoms with Crippen molar-refractivity contribution in [3.8, 4) is 22.3 Å². The Kier molecular flexibility index (Phi) is 5.44. The van der Waals surface area contributed by atoms with Gasteiger partial charge in [0.05, 0.1) is 0 Å². The van der Waals surface area contributed by atoms with Crippen molar-refractivity contribution in [1.82, 2.24) is 0 Å². The van der Waals surface area contributed by atoms with Gasteiger partial charge in [-0.25, -0.2) is 0 Å². The van der Waals surface area contributed by atoms with Gasteiger partial charge in [0.25, 0.3) is 0 Å². The SMILES string of the molecule is c1ccc(SSc2cccc(-c3ccccc3)c2-c2ccccc2)cc1. The second kappa shape index (κ2) is 8.31. The lowest BCUT2D eigenvalue weighted by Gasteiger charge is -2.15. The van der Waals surface area contributed by atoms with Crippen LogP contribution >= 0.6 is 21.6 Å². The quantitative estimate of drug-likeness (QED) is 0.328. The Morgan fingerprint density at radius 1 is 0.423 bits per heavy atom. The van der Waals surface area contributed by atoms with Crippen LogP contribution in [-0.4, -0.2) is 0 Å². The van der Waals surface area contributed by atoms with E-state index in [2.05, 4.69) is 109 Å². The third kappa shape index (κ3) is 3.87. The van der Waals surface area contributed by atoms with Crippen LogP contribution in [0.1, 0.15) is 0 Å². The van der Waals surface area contributed by atoms with E-state index in [0.717, 1.165) is 0 Å². The molecular formula is C24H18S2. The molecule has 0 heterocycles. The van der Waals surface area contributed by atoms with Crippen LogP contribution < -0.4 is 0 Å². The molecule has 0 N–H and O–H groups in total. The number of hydrogen-bond acceptors (Lipinski definition) is 2. The van der Waals surface area contributed by atoms with Crippen molar-refractivity contribution >= 4 is 21.6 Å². The number of rotatable bonds is 5. The van der Waals surface area contributed by atoms with Gasteiger partial charge in [0.15, 0.2) is 0 Å². The number of benzene rings is 4. The molecule has 0 nitrogen and oxygen atoms in total. The van der Waals surface area contributed by atoms with E-state index in [0.29, 0.717) is 0 Å². The molecule has 0 spiro atoms. The van der Waals surface area contributed by atoms with Crippen LogP contribution in [-0.2, 0) is 0 Å². The second-order valence-electron chi connectivity index (χ2n) is 5.89. The van der Waals surface area contributed by atoms with E-state index in [4.69, 9.17) is 0 Å². The molecular weight excluding hydrogens is 352 g/mol. The van der Waals surface area contributed by atoms with Crippen LogP contribution in [0.4, 0.5) is 0 Å². The topological polar surface area (TPSA) is 0 Å². The highest BCUT2D eigenvalue weighted by Gasteiger charge is 2.13. The van der Waals surface area contributed by atoms with Crippen LogP contribution in [0.15, 0.2) is 119 Å². The van der Waals surface area contributed by atoms with Crippen molar-refractivity contribution in [3.05, 3.63) is 109 Å². The highest BCUT2D eigenvalue weighted by Crippen LogP contribution is 2.45. The first-order chi connectivity index (χ1) is 12.9. The van der Waals surface area contributed by atoms with Crippen LogP contribution in [0.2, 0.25) is 0 Å². The van der Waals surface area contributed by atoms with E-state index < -0.39 is 0 Å². The standard InChI is InChI=1S/C24H18S2/c1-4-11-19(12-5-1)22-17-10-18-23(24(22)20-13-6-2-7-14-20)26-25-21-15-8-3-9-16-21/h1-18H. The lowest BCUT2D eigenvalue weighted by atomic mass is 9.94. The van der Waals surface area contributed by atoms with E-state index in [1.165, 1.54) is 32.0 Å². The van der Waals surface area contributed by atoms with Crippen molar-refractivity contribution in [1.29, 1.82) is 0 Å². The minimum absolute atomic E-state index is 1.25. The molecule has 0 unspecified atom stereocenters. The van der Waals surface area contributed by atoms with Crippen molar-refractivity contribution in [2.24, 2.45) is 0 Å². The average Bonchev–Trinajstić information content (AvgIpc) is 2.74. The van der Waals surface area contributed by atoms with Crippen LogP contribution in [0.5, 0.6) is 0 Å². The van der Waals surface area contributed by atoms with E-state index in [1.807, 2.05) is 10.8 Å². The van der Waals surface area contributed by atoms with Crippen molar-refractivity contribution in [2.75, 3.05) is 0 Å². The van der Waals surface area contributed by atoms with Gasteiger partial charge >= 0.3 is 0 Å². The van der Waals surface area contributed by atoms with Gasteiger partial charge in [0.2, 0.25) is 0 Å². The highest BCUT2D eigenvalue weighted by molar-refractivity contribution is 8.76. The minimum Gasteiger partial charge on any atom is -0.0622 e. The Bertz CT molecular complexity index is 965. The summed E-state index contributed by atoms with van der Waals surface area (Å²) in [6.07, 6.45) is 0. The normalized spacial score (nSPS) is 10.6. The summed E-state index contributed by atoms with van der Waals surface area (Å²) in [5.41, 5.74) is 5.07. The smallest absolute Gasteiger partial charge is 0.0271 e. The molecule has 4 aromatic rings. The maximum Gasteiger partial charge on any atom is 0.0271 e. The van der Waals surface area contributed by atoms with E-state index >= 15 is 0 Å². The minimum atomic E-state index is 1.25. The maximum atomic E-state index is 2.22. The summed E-state index contributed by atoms with van der Waals surface area (Å²) in [6, 6.07) is 38.4. The molecule has 126 valence electrons. The van der Waals surface area contributed by atoms with Gasteiger partial charge in [-0.3, -0.25) is 0 Å². The molecule has 0 saturated heterocycles. The highest BCUT2D eigenvalue weighted by atomic mass is 33.1. The molecule has 4 rings (SSSR count). The van der Waals surface area contributed by atoms with Crippen molar-refractivity contribution in [3.63, 3.8) is 0 Å². The summed E-state index contributed by atoms with van der Waals surface area (Å²) in [5, 5.41) is 0. The zero-order valence-corrected chi connectivity index (χ0v) is 15.8. The molecule has 0 radical (unpaired) electrons. The second-order valence-corrected chi connectivity index (χ2v) is 8.14. The fourth-order valence-corrected chi connectivity index (χ4v) is 5.14. The predicted octanol–water partition coefficient (Wildman–Crippen LogP) is 7.82. The average molecular weight is 371 g/mol. The largest absolute Gasteiger partial charge is 0.0622 e. The summed E-state index contributed by atoms with van der Waals surface area (Å²) in [5.74, 6) is 0. The van der Waals surface area contributed by atoms with Crippen LogP contribution in [0.3, 0.4) is 0 Å². The van der Waals surface area contributed by atoms with Crippen molar-refractivity contribution < 1.29 is 0 Å². The summed E-state index contributed by atoms with van der Waals surface area (Å²) in [7, 11) is 3.62. The predicted molar refractivity (Wildman–Crippen MR) is 115 cm³/mol. The molecule has 4 aromatic carbocycles. The van der Waals surface area contributed by atoms with Gasteiger partial charge in [-0.1, -0.05) is 113 Å². The summed E-state index contributed by atoms with van der Waals surface area (Å²) in [6.45, 7) is 0. The zero-order valence-electron chi connectivity index (χ0n) is 14.2. The molecule has 0 fully saturated rings. The third-order valence-corrected chi connectivity index (χ3v) is 6.58. The lowest BCUT2D eigenvalue weighted by molar-refractivity contribution is 1.44. The molecule has 0 aliphatic carbocycles. The fourth-order valence-electron chi connectivity index (χ4n) is 2.93. The first-order valence-corrected chi connectivity index (χ1v) is 10.7. The van der Waals surface area contributed by atoms with E-state index in [9.17, 15) is 0 Å². The van der Waals surface area contributed by atoms with E-state index in [1.54, 1.807) is 10.8 Å². The van der Waals surface area contributed by atoms with Gasteiger partial charge in [0.1, 0.15) is 0 Å². The first-order valence-electron chi connectivity index (χ1n) is 8.55.